The lowest BCUT2D eigenvalue weighted by Gasteiger charge is -2.16. The van der Waals surface area contributed by atoms with Crippen LogP contribution in [0, 0.1) is 0 Å². The van der Waals surface area contributed by atoms with E-state index in [-0.39, 0.29) is 6.04 Å². The lowest BCUT2D eigenvalue weighted by atomic mass is 10.1. The molecule has 0 spiro atoms. The molecule has 4 heteroatoms. The first-order chi connectivity index (χ1) is 8.79. The smallest absolute Gasteiger partial charge is 0.145 e. The SMILES string of the molecule is CCNC(Cc1ccc(Cl)cc1)c1ncccn1. The first-order valence-electron chi connectivity index (χ1n) is 6.04. The molecule has 2 aromatic rings. The molecule has 0 aliphatic heterocycles. The van der Waals surface area contributed by atoms with Crippen molar-refractivity contribution in [2.75, 3.05) is 6.54 Å². The predicted molar refractivity (Wildman–Crippen MR) is 73.6 cm³/mol. The van der Waals surface area contributed by atoms with Crippen molar-refractivity contribution in [3.63, 3.8) is 0 Å². The van der Waals surface area contributed by atoms with E-state index in [0.29, 0.717) is 0 Å². The van der Waals surface area contributed by atoms with Gasteiger partial charge in [-0.1, -0.05) is 30.7 Å². The number of benzene rings is 1. The Morgan fingerprint density at radius 1 is 1.17 bits per heavy atom. The lowest BCUT2D eigenvalue weighted by Crippen LogP contribution is -2.24. The van der Waals surface area contributed by atoms with Crippen molar-refractivity contribution in [2.45, 2.75) is 19.4 Å². The molecule has 1 heterocycles. The third kappa shape index (κ3) is 3.52. The van der Waals surface area contributed by atoms with E-state index < -0.39 is 0 Å². The summed E-state index contributed by atoms with van der Waals surface area (Å²) in [5.41, 5.74) is 1.22. The minimum Gasteiger partial charge on any atom is -0.307 e. The van der Waals surface area contributed by atoms with Crippen molar-refractivity contribution in [3.05, 3.63) is 59.1 Å². The van der Waals surface area contributed by atoms with Crippen LogP contribution in [0.15, 0.2) is 42.7 Å². The molecule has 94 valence electrons. The van der Waals surface area contributed by atoms with Crippen molar-refractivity contribution in [1.29, 1.82) is 0 Å². The zero-order chi connectivity index (χ0) is 12.8. The second-order valence-electron chi connectivity index (χ2n) is 4.05. The Morgan fingerprint density at radius 3 is 2.44 bits per heavy atom. The number of halogens is 1. The van der Waals surface area contributed by atoms with Crippen LogP contribution in [0.1, 0.15) is 24.4 Å². The minimum atomic E-state index is 0.136. The van der Waals surface area contributed by atoms with E-state index in [4.69, 9.17) is 11.6 Å². The van der Waals surface area contributed by atoms with Gasteiger partial charge in [-0.05, 0) is 36.7 Å². The Kier molecular flexibility index (Phi) is 4.67. The highest BCUT2D eigenvalue weighted by Crippen LogP contribution is 2.16. The van der Waals surface area contributed by atoms with Gasteiger partial charge in [0.1, 0.15) is 5.82 Å². The Balaban J connectivity index is 2.14. The fourth-order valence-corrected chi connectivity index (χ4v) is 1.97. The van der Waals surface area contributed by atoms with Gasteiger partial charge in [-0.25, -0.2) is 9.97 Å². The van der Waals surface area contributed by atoms with Gasteiger partial charge in [-0.3, -0.25) is 0 Å². The number of nitrogens with zero attached hydrogens (tertiary/aromatic N) is 2. The van der Waals surface area contributed by atoms with Crippen LogP contribution in [0.2, 0.25) is 5.02 Å². The van der Waals surface area contributed by atoms with E-state index in [2.05, 4.69) is 22.2 Å². The topological polar surface area (TPSA) is 37.8 Å². The molecular formula is C14H16ClN3. The summed E-state index contributed by atoms with van der Waals surface area (Å²) in [5, 5.41) is 4.16. The highest BCUT2D eigenvalue weighted by atomic mass is 35.5. The van der Waals surface area contributed by atoms with Crippen LogP contribution in [0.4, 0.5) is 0 Å². The largest absolute Gasteiger partial charge is 0.307 e. The molecule has 0 bridgehead atoms. The number of hydrogen-bond donors (Lipinski definition) is 1. The fourth-order valence-electron chi connectivity index (χ4n) is 1.85. The maximum Gasteiger partial charge on any atom is 0.145 e. The second-order valence-corrected chi connectivity index (χ2v) is 4.48. The summed E-state index contributed by atoms with van der Waals surface area (Å²) in [7, 11) is 0. The van der Waals surface area contributed by atoms with E-state index in [9.17, 15) is 0 Å². The molecule has 0 saturated carbocycles. The normalized spacial score (nSPS) is 12.3. The maximum absolute atomic E-state index is 5.89. The summed E-state index contributed by atoms with van der Waals surface area (Å²) in [5.74, 6) is 0.828. The third-order valence-corrected chi connectivity index (χ3v) is 2.95. The van der Waals surface area contributed by atoms with Crippen LogP contribution < -0.4 is 5.32 Å². The predicted octanol–water partition coefficient (Wildman–Crippen LogP) is 3.02. The number of hydrogen-bond acceptors (Lipinski definition) is 3. The van der Waals surface area contributed by atoms with E-state index in [0.717, 1.165) is 23.8 Å². The van der Waals surface area contributed by atoms with Crippen molar-refractivity contribution >= 4 is 11.6 Å². The van der Waals surface area contributed by atoms with Crippen LogP contribution >= 0.6 is 11.6 Å². The van der Waals surface area contributed by atoms with Gasteiger partial charge in [-0.15, -0.1) is 0 Å². The molecule has 1 unspecified atom stereocenters. The molecule has 3 nitrogen and oxygen atoms in total. The molecule has 2 rings (SSSR count). The van der Waals surface area contributed by atoms with E-state index in [1.165, 1.54) is 5.56 Å². The fraction of sp³-hybridized carbons (Fsp3) is 0.286. The summed E-state index contributed by atoms with van der Waals surface area (Å²) in [6.45, 7) is 2.97. The molecule has 1 N–H and O–H groups in total. The van der Waals surface area contributed by atoms with Crippen LogP contribution in [-0.4, -0.2) is 16.5 Å². The second kappa shape index (κ2) is 6.47. The molecule has 18 heavy (non-hydrogen) atoms. The van der Waals surface area contributed by atoms with Gasteiger partial charge >= 0.3 is 0 Å². The Labute approximate surface area is 112 Å². The minimum absolute atomic E-state index is 0.136. The van der Waals surface area contributed by atoms with Gasteiger partial charge in [0.05, 0.1) is 6.04 Å². The van der Waals surface area contributed by atoms with Crippen LogP contribution in [0.3, 0.4) is 0 Å². The molecule has 1 aromatic heterocycles. The van der Waals surface area contributed by atoms with Crippen molar-refractivity contribution in [2.24, 2.45) is 0 Å². The van der Waals surface area contributed by atoms with E-state index in [1.807, 2.05) is 30.3 Å². The van der Waals surface area contributed by atoms with Crippen LogP contribution in [0.5, 0.6) is 0 Å². The van der Waals surface area contributed by atoms with Crippen molar-refractivity contribution in [1.82, 2.24) is 15.3 Å². The first-order valence-corrected chi connectivity index (χ1v) is 6.42. The van der Waals surface area contributed by atoms with Gasteiger partial charge in [0.2, 0.25) is 0 Å². The van der Waals surface area contributed by atoms with E-state index in [1.54, 1.807) is 12.4 Å². The van der Waals surface area contributed by atoms with Crippen LogP contribution in [0.25, 0.3) is 0 Å². The number of likely N-dealkylation sites (N-methyl/N-ethyl adjacent to an activating group) is 1. The average molecular weight is 262 g/mol. The third-order valence-electron chi connectivity index (χ3n) is 2.70. The molecule has 0 aliphatic rings. The summed E-state index contributed by atoms with van der Waals surface area (Å²) in [6, 6.07) is 9.86. The molecule has 0 amide bonds. The van der Waals surface area contributed by atoms with Crippen LogP contribution in [-0.2, 0) is 6.42 Å². The molecule has 0 aliphatic carbocycles. The Bertz CT molecular complexity index is 470. The zero-order valence-corrected chi connectivity index (χ0v) is 11.1. The summed E-state index contributed by atoms with van der Waals surface area (Å²) < 4.78 is 0. The number of nitrogens with one attached hydrogen (secondary N) is 1. The highest BCUT2D eigenvalue weighted by Gasteiger charge is 2.13. The molecular weight excluding hydrogens is 246 g/mol. The molecule has 0 saturated heterocycles. The summed E-state index contributed by atoms with van der Waals surface area (Å²) in [4.78, 5) is 8.62. The zero-order valence-electron chi connectivity index (χ0n) is 10.3. The Hall–Kier alpha value is -1.45. The number of aromatic nitrogens is 2. The lowest BCUT2D eigenvalue weighted by molar-refractivity contribution is 0.521. The van der Waals surface area contributed by atoms with Crippen molar-refractivity contribution < 1.29 is 0 Å². The molecule has 0 radical (unpaired) electrons. The van der Waals surface area contributed by atoms with Gasteiger partial charge in [-0.2, -0.15) is 0 Å². The monoisotopic (exact) mass is 261 g/mol. The standard InChI is InChI=1S/C14H16ClN3/c1-2-16-13(14-17-8-3-9-18-14)10-11-4-6-12(15)7-5-11/h3-9,13,16H,2,10H2,1H3. The van der Waals surface area contributed by atoms with Gasteiger partial charge < -0.3 is 5.32 Å². The quantitative estimate of drug-likeness (QED) is 0.899. The highest BCUT2D eigenvalue weighted by molar-refractivity contribution is 6.30. The molecule has 0 fully saturated rings. The first kappa shape index (κ1) is 13.0. The molecule has 1 aromatic carbocycles. The summed E-state index contributed by atoms with van der Waals surface area (Å²) >= 11 is 5.89. The van der Waals surface area contributed by atoms with Crippen molar-refractivity contribution in [3.8, 4) is 0 Å². The maximum atomic E-state index is 5.89. The average Bonchev–Trinajstić information content (AvgIpc) is 2.42. The Morgan fingerprint density at radius 2 is 1.83 bits per heavy atom. The van der Waals surface area contributed by atoms with E-state index >= 15 is 0 Å². The summed E-state index contributed by atoms with van der Waals surface area (Å²) in [6.07, 6.45) is 4.40. The number of rotatable bonds is 5. The molecule has 1 atom stereocenters. The van der Waals surface area contributed by atoms with Gasteiger partial charge in [0.15, 0.2) is 0 Å². The van der Waals surface area contributed by atoms with Gasteiger partial charge in [0, 0.05) is 17.4 Å². The van der Waals surface area contributed by atoms with Gasteiger partial charge in [0.25, 0.3) is 0 Å².